The molecule has 0 aliphatic heterocycles. The second kappa shape index (κ2) is 5.34. The lowest BCUT2D eigenvalue weighted by Gasteiger charge is -2.10. The first-order valence-corrected chi connectivity index (χ1v) is 6.62. The molecule has 2 rings (SSSR count). The Bertz CT molecular complexity index is 629. The SMILES string of the molecule is Nc1cn(Cc2cccc(Cl)c2Cl)cc(Br)c1=O. The number of nitrogens with zero attached hydrogens (tertiary/aromatic N) is 1. The van der Waals surface area contributed by atoms with Crippen molar-refractivity contribution in [2.24, 2.45) is 0 Å². The molecular formula is C12H9BrCl2N2O. The van der Waals surface area contributed by atoms with Gasteiger partial charge in [-0.15, -0.1) is 0 Å². The predicted molar refractivity (Wildman–Crippen MR) is 78.4 cm³/mol. The number of aromatic nitrogens is 1. The number of hydrogen-bond acceptors (Lipinski definition) is 2. The van der Waals surface area contributed by atoms with Crippen molar-refractivity contribution in [1.29, 1.82) is 0 Å². The highest BCUT2D eigenvalue weighted by Crippen LogP contribution is 2.26. The molecule has 0 aliphatic rings. The molecular weight excluding hydrogens is 339 g/mol. The molecule has 0 saturated heterocycles. The Morgan fingerprint density at radius 2 is 2.00 bits per heavy atom. The number of rotatable bonds is 2. The number of nitrogens with two attached hydrogens (primary N) is 1. The fourth-order valence-electron chi connectivity index (χ4n) is 1.58. The zero-order valence-corrected chi connectivity index (χ0v) is 12.3. The van der Waals surface area contributed by atoms with Crippen LogP contribution in [0.1, 0.15) is 5.56 Å². The van der Waals surface area contributed by atoms with Crippen molar-refractivity contribution in [1.82, 2.24) is 4.57 Å². The molecule has 0 atom stereocenters. The molecule has 1 heterocycles. The second-order valence-electron chi connectivity index (χ2n) is 3.78. The Morgan fingerprint density at radius 1 is 1.28 bits per heavy atom. The number of anilines is 1. The van der Waals surface area contributed by atoms with Gasteiger partial charge in [0.2, 0.25) is 5.43 Å². The Labute approximate surface area is 122 Å². The van der Waals surface area contributed by atoms with E-state index in [0.29, 0.717) is 21.1 Å². The third-order valence-corrected chi connectivity index (χ3v) is 3.87. The van der Waals surface area contributed by atoms with Crippen molar-refractivity contribution < 1.29 is 0 Å². The first kappa shape index (κ1) is 13.5. The minimum absolute atomic E-state index is 0.183. The number of nitrogen functional groups attached to an aromatic ring is 1. The van der Waals surface area contributed by atoms with Gasteiger partial charge in [-0.2, -0.15) is 0 Å². The first-order chi connectivity index (χ1) is 8.49. The van der Waals surface area contributed by atoms with E-state index in [0.717, 1.165) is 5.56 Å². The van der Waals surface area contributed by atoms with Gasteiger partial charge in [0.05, 0.1) is 20.2 Å². The standard InChI is InChI=1S/C12H9BrCl2N2O/c13-8-5-17(6-10(16)12(8)18)4-7-2-1-3-9(14)11(7)15/h1-3,5-6H,4,16H2. The van der Waals surface area contributed by atoms with Crippen LogP contribution in [0.3, 0.4) is 0 Å². The van der Waals surface area contributed by atoms with E-state index in [-0.39, 0.29) is 11.1 Å². The monoisotopic (exact) mass is 346 g/mol. The van der Waals surface area contributed by atoms with Gasteiger partial charge >= 0.3 is 0 Å². The van der Waals surface area contributed by atoms with Crippen LogP contribution in [0.5, 0.6) is 0 Å². The summed E-state index contributed by atoms with van der Waals surface area (Å²) in [6, 6.07) is 5.42. The van der Waals surface area contributed by atoms with Gasteiger partial charge in [-0.25, -0.2) is 0 Å². The minimum Gasteiger partial charge on any atom is -0.394 e. The van der Waals surface area contributed by atoms with Crippen LogP contribution in [0.25, 0.3) is 0 Å². The van der Waals surface area contributed by atoms with E-state index in [2.05, 4.69) is 15.9 Å². The Kier molecular flexibility index (Phi) is 4.00. The summed E-state index contributed by atoms with van der Waals surface area (Å²) in [6.07, 6.45) is 3.24. The molecule has 3 nitrogen and oxygen atoms in total. The average molecular weight is 348 g/mol. The maximum atomic E-state index is 11.5. The van der Waals surface area contributed by atoms with E-state index in [1.807, 2.05) is 12.1 Å². The normalized spacial score (nSPS) is 10.6. The Balaban J connectivity index is 2.40. The molecule has 0 fully saturated rings. The van der Waals surface area contributed by atoms with Gasteiger partial charge in [0.25, 0.3) is 0 Å². The number of hydrogen-bond donors (Lipinski definition) is 1. The molecule has 2 aromatic rings. The van der Waals surface area contributed by atoms with E-state index in [1.54, 1.807) is 23.0 Å². The second-order valence-corrected chi connectivity index (χ2v) is 5.42. The van der Waals surface area contributed by atoms with Crippen molar-refractivity contribution in [3.8, 4) is 0 Å². The van der Waals surface area contributed by atoms with Gasteiger partial charge in [0.1, 0.15) is 0 Å². The van der Waals surface area contributed by atoms with Gasteiger partial charge < -0.3 is 10.3 Å². The number of pyridine rings is 1. The summed E-state index contributed by atoms with van der Waals surface area (Å²) in [7, 11) is 0. The van der Waals surface area contributed by atoms with Gasteiger partial charge in [-0.05, 0) is 27.6 Å². The number of halogens is 3. The molecule has 0 radical (unpaired) electrons. The molecule has 0 aliphatic carbocycles. The van der Waals surface area contributed by atoms with Crippen molar-refractivity contribution in [2.45, 2.75) is 6.54 Å². The van der Waals surface area contributed by atoms with E-state index in [4.69, 9.17) is 28.9 Å². The predicted octanol–water partition coefficient (Wildman–Crippen LogP) is 3.55. The molecule has 6 heteroatoms. The average Bonchev–Trinajstić information content (AvgIpc) is 2.32. The van der Waals surface area contributed by atoms with Crippen molar-refractivity contribution in [2.75, 3.05) is 5.73 Å². The summed E-state index contributed by atoms with van der Waals surface area (Å²) in [5.41, 5.74) is 6.44. The van der Waals surface area contributed by atoms with Gasteiger partial charge in [0, 0.05) is 18.9 Å². The van der Waals surface area contributed by atoms with Crippen LogP contribution in [-0.4, -0.2) is 4.57 Å². The molecule has 2 N–H and O–H groups in total. The third kappa shape index (κ3) is 2.71. The summed E-state index contributed by atoms with van der Waals surface area (Å²) >= 11 is 15.2. The van der Waals surface area contributed by atoms with E-state index >= 15 is 0 Å². The first-order valence-electron chi connectivity index (χ1n) is 5.07. The molecule has 94 valence electrons. The summed E-state index contributed by atoms with van der Waals surface area (Å²) in [4.78, 5) is 11.5. The highest BCUT2D eigenvalue weighted by Gasteiger charge is 2.07. The van der Waals surface area contributed by atoms with Crippen LogP contribution in [-0.2, 0) is 6.54 Å². The van der Waals surface area contributed by atoms with Crippen LogP contribution in [0.15, 0.2) is 39.9 Å². The van der Waals surface area contributed by atoms with Crippen molar-refractivity contribution in [3.05, 3.63) is 60.9 Å². The number of benzene rings is 1. The molecule has 1 aromatic heterocycles. The lowest BCUT2D eigenvalue weighted by Crippen LogP contribution is -2.13. The lowest BCUT2D eigenvalue weighted by molar-refractivity contribution is 0.787. The lowest BCUT2D eigenvalue weighted by atomic mass is 10.2. The Hall–Kier alpha value is -0.970. The highest BCUT2D eigenvalue weighted by atomic mass is 79.9. The molecule has 0 saturated carbocycles. The maximum absolute atomic E-state index is 11.5. The van der Waals surface area contributed by atoms with E-state index in [1.165, 1.54) is 0 Å². The molecule has 18 heavy (non-hydrogen) atoms. The van der Waals surface area contributed by atoms with Crippen molar-refractivity contribution in [3.63, 3.8) is 0 Å². The highest BCUT2D eigenvalue weighted by molar-refractivity contribution is 9.10. The van der Waals surface area contributed by atoms with Gasteiger partial charge in [-0.1, -0.05) is 35.3 Å². The minimum atomic E-state index is -0.219. The largest absolute Gasteiger partial charge is 0.394 e. The third-order valence-electron chi connectivity index (χ3n) is 2.45. The van der Waals surface area contributed by atoms with Gasteiger partial charge in [-0.3, -0.25) is 4.79 Å². The van der Waals surface area contributed by atoms with E-state index in [9.17, 15) is 4.79 Å². The molecule has 0 amide bonds. The van der Waals surface area contributed by atoms with Crippen LogP contribution in [0, 0.1) is 0 Å². The zero-order chi connectivity index (χ0) is 13.3. The summed E-state index contributed by atoms with van der Waals surface area (Å²) in [6.45, 7) is 0.489. The fourth-order valence-corrected chi connectivity index (χ4v) is 2.45. The Morgan fingerprint density at radius 3 is 2.67 bits per heavy atom. The molecule has 1 aromatic carbocycles. The van der Waals surface area contributed by atoms with Crippen LogP contribution in [0.4, 0.5) is 5.69 Å². The van der Waals surface area contributed by atoms with E-state index < -0.39 is 0 Å². The topological polar surface area (TPSA) is 48.0 Å². The summed E-state index contributed by atoms with van der Waals surface area (Å²) in [5, 5.41) is 1.01. The molecule has 0 unspecified atom stereocenters. The zero-order valence-electron chi connectivity index (χ0n) is 9.16. The molecule has 0 spiro atoms. The van der Waals surface area contributed by atoms with Crippen LogP contribution >= 0.6 is 39.1 Å². The van der Waals surface area contributed by atoms with Crippen molar-refractivity contribution >= 4 is 44.8 Å². The quantitative estimate of drug-likeness (QED) is 0.903. The van der Waals surface area contributed by atoms with Crippen LogP contribution < -0.4 is 11.2 Å². The van der Waals surface area contributed by atoms with Crippen LogP contribution in [0.2, 0.25) is 10.0 Å². The summed E-state index contributed by atoms with van der Waals surface area (Å²) < 4.78 is 2.19. The smallest absolute Gasteiger partial charge is 0.218 e. The summed E-state index contributed by atoms with van der Waals surface area (Å²) in [5.74, 6) is 0. The maximum Gasteiger partial charge on any atom is 0.218 e. The fraction of sp³-hybridized carbons (Fsp3) is 0.0833. The van der Waals surface area contributed by atoms with Gasteiger partial charge in [0.15, 0.2) is 0 Å². The molecule has 0 bridgehead atoms.